The van der Waals surface area contributed by atoms with Gasteiger partial charge in [0.15, 0.2) is 6.61 Å². The Balaban J connectivity index is 1.93. The molecule has 150 valence electrons. The lowest BCUT2D eigenvalue weighted by molar-refractivity contribution is -0.142. The highest BCUT2D eigenvalue weighted by atomic mass is 16.5. The summed E-state index contributed by atoms with van der Waals surface area (Å²) < 4.78 is 16.7. The number of rotatable bonds is 9. The maximum absolute atomic E-state index is 12.5. The van der Waals surface area contributed by atoms with Crippen LogP contribution in [0, 0.1) is 13.8 Å². The first-order valence-corrected chi connectivity index (χ1v) is 8.91. The smallest absolute Gasteiger partial charge is 0.310 e. The number of nitrogens with zero attached hydrogens (tertiary/aromatic N) is 1. The Hall–Kier alpha value is -3.09. The molecule has 0 saturated carbocycles. The van der Waals surface area contributed by atoms with Gasteiger partial charge in [0, 0.05) is 23.5 Å². The highest BCUT2D eigenvalue weighted by Crippen LogP contribution is 2.17. The minimum Gasteiger partial charge on any atom is -0.497 e. The summed E-state index contributed by atoms with van der Waals surface area (Å²) in [6.07, 6.45) is 0.298. The molecule has 0 radical (unpaired) electrons. The van der Waals surface area contributed by atoms with Gasteiger partial charge >= 0.3 is 11.9 Å². The van der Waals surface area contributed by atoms with E-state index < -0.39 is 5.97 Å². The molecular formula is C21H25NO6. The van der Waals surface area contributed by atoms with Gasteiger partial charge in [-0.25, -0.2) is 0 Å². The first-order chi connectivity index (χ1) is 13.3. The summed E-state index contributed by atoms with van der Waals surface area (Å²) in [5.41, 5.74) is 2.85. The van der Waals surface area contributed by atoms with Gasteiger partial charge in [0.05, 0.1) is 27.1 Å². The maximum Gasteiger partial charge on any atom is 0.310 e. The van der Waals surface area contributed by atoms with Crippen molar-refractivity contribution in [3.8, 4) is 5.75 Å². The molecule has 0 bridgehead atoms. The molecule has 0 unspecified atom stereocenters. The zero-order valence-corrected chi connectivity index (χ0v) is 16.6. The lowest BCUT2D eigenvalue weighted by Gasteiger charge is -2.09. The molecule has 0 aliphatic heterocycles. The number of carbonyl (C=O) groups is 3. The lowest BCUT2D eigenvalue weighted by atomic mass is 10.1. The van der Waals surface area contributed by atoms with Gasteiger partial charge in [-0.1, -0.05) is 12.1 Å². The number of ketones is 1. The molecule has 0 N–H and O–H groups in total. The van der Waals surface area contributed by atoms with Crippen LogP contribution in [0.2, 0.25) is 0 Å². The number of methoxy groups -OCH3 is 2. The van der Waals surface area contributed by atoms with E-state index in [2.05, 4.69) is 4.74 Å². The minimum atomic E-state index is -0.474. The third-order valence-corrected chi connectivity index (χ3v) is 4.51. The van der Waals surface area contributed by atoms with Gasteiger partial charge in [0.25, 0.3) is 0 Å². The van der Waals surface area contributed by atoms with Gasteiger partial charge in [-0.3, -0.25) is 14.4 Å². The summed E-state index contributed by atoms with van der Waals surface area (Å²) in [5.74, 6) is -0.360. The molecule has 7 nitrogen and oxygen atoms in total. The Morgan fingerprint density at radius 2 is 1.68 bits per heavy atom. The predicted molar refractivity (Wildman–Crippen MR) is 103 cm³/mol. The predicted octanol–water partition coefficient (Wildman–Crippen LogP) is 2.65. The Morgan fingerprint density at radius 1 is 1.00 bits per heavy atom. The number of aromatic nitrogens is 1. The molecule has 28 heavy (non-hydrogen) atoms. The van der Waals surface area contributed by atoms with Crippen molar-refractivity contribution in [1.82, 2.24) is 4.57 Å². The van der Waals surface area contributed by atoms with Crippen molar-refractivity contribution < 1.29 is 28.6 Å². The van der Waals surface area contributed by atoms with Gasteiger partial charge in [-0.2, -0.15) is 0 Å². The van der Waals surface area contributed by atoms with E-state index in [1.54, 1.807) is 44.4 Å². The van der Waals surface area contributed by atoms with Crippen LogP contribution in [0.4, 0.5) is 0 Å². The highest BCUT2D eigenvalue weighted by Gasteiger charge is 2.18. The topological polar surface area (TPSA) is 83.8 Å². The molecule has 1 aromatic carbocycles. The maximum atomic E-state index is 12.5. The van der Waals surface area contributed by atoms with Crippen LogP contribution in [0.15, 0.2) is 30.3 Å². The highest BCUT2D eigenvalue weighted by molar-refractivity contribution is 5.99. The number of hydrogen-bond donors (Lipinski definition) is 0. The summed E-state index contributed by atoms with van der Waals surface area (Å²) >= 11 is 0. The number of esters is 2. The summed E-state index contributed by atoms with van der Waals surface area (Å²) in [4.78, 5) is 35.8. The van der Waals surface area contributed by atoms with E-state index in [0.29, 0.717) is 17.9 Å². The fourth-order valence-electron chi connectivity index (χ4n) is 2.92. The monoisotopic (exact) mass is 387 g/mol. The zero-order chi connectivity index (χ0) is 20.7. The summed E-state index contributed by atoms with van der Waals surface area (Å²) in [6.45, 7) is 3.76. The molecule has 0 aliphatic rings. The van der Waals surface area contributed by atoms with E-state index in [4.69, 9.17) is 9.47 Å². The van der Waals surface area contributed by atoms with Crippen LogP contribution in [0.3, 0.4) is 0 Å². The average molecular weight is 387 g/mol. The van der Waals surface area contributed by atoms with Crippen LogP contribution in [-0.2, 0) is 32.0 Å². The average Bonchev–Trinajstić information content (AvgIpc) is 2.98. The molecule has 0 fully saturated rings. The van der Waals surface area contributed by atoms with Gasteiger partial charge in [-0.05, 0) is 37.6 Å². The van der Waals surface area contributed by atoms with Gasteiger partial charge in [0.2, 0.25) is 5.78 Å². The minimum absolute atomic E-state index is 0.0788. The summed E-state index contributed by atoms with van der Waals surface area (Å²) in [6, 6.07) is 8.81. The molecule has 0 saturated heterocycles. The van der Waals surface area contributed by atoms with Crippen molar-refractivity contribution in [3.05, 3.63) is 52.8 Å². The molecule has 7 heteroatoms. The molecule has 0 spiro atoms. The van der Waals surface area contributed by atoms with Gasteiger partial charge < -0.3 is 18.8 Å². The van der Waals surface area contributed by atoms with Crippen LogP contribution in [0.25, 0.3) is 0 Å². The van der Waals surface area contributed by atoms with E-state index in [1.165, 1.54) is 7.11 Å². The van der Waals surface area contributed by atoms with E-state index in [9.17, 15) is 14.4 Å². The van der Waals surface area contributed by atoms with E-state index >= 15 is 0 Å². The Bertz CT molecular complexity index is 851. The van der Waals surface area contributed by atoms with Crippen LogP contribution in [0.5, 0.6) is 5.75 Å². The summed E-state index contributed by atoms with van der Waals surface area (Å²) in [5, 5.41) is 0. The molecule has 0 atom stereocenters. The standard InChI is InChI=1S/C21H25NO6/c1-14-11-18(15(2)22(14)10-9-20(24)27-4)19(23)13-28-21(25)12-16-5-7-17(26-3)8-6-16/h5-8,11H,9-10,12-13H2,1-4H3. The van der Waals surface area contributed by atoms with Crippen molar-refractivity contribution in [2.24, 2.45) is 0 Å². The van der Waals surface area contributed by atoms with Crippen molar-refractivity contribution in [2.45, 2.75) is 33.2 Å². The van der Waals surface area contributed by atoms with E-state index in [1.807, 2.05) is 11.5 Å². The van der Waals surface area contributed by atoms with E-state index in [-0.39, 0.29) is 31.2 Å². The fourth-order valence-corrected chi connectivity index (χ4v) is 2.92. The summed E-state index contributed by atoms with van der Waals surface area (Å²) in [7, 11) is 2.91. The van der Waals surface area contributed by atoms with Crippen molar-refractivity contribution >= 4 is 17.7 Å². The third kappa shape index (κ3) is 5.45. The van der Waals surface area contributed by atoms with Crippen LogP contribution >= 0.6 is 0 Å². The van der Waals surface area contributed by atoms with E-state index in [0.717, 1.165) is 17.0 Å². The number of carbonyl (C=O) groups excluding carboxylic acids is 3. The van der Waals surface area contributed by atoms with Crippen LogP contribution in [-0.4, -0.2) is 43.1 Å². The molecule has 1 heterocycles. The number of ether oxygens (including phenoxy) is 3. The number of Topliss-reactive ketones (excluding diaryl/α,β-unsaturated/α-hetero) is 1. The van der Waals surface area contributed by atoms with Crippen LogP contribution < -0.4 is 4.74 Å². The number of benzene rings is 1. The quantitative estimate of drug-likeness (QED) is 0.486. The fraction of sp³-hybridized carbons (Fsp3) is 0.381. The lowest BCUT2D eigenvalue weighted by Crippen LogP contribution is -2.16. The van der Waals surface area contributed by atoms with Crippen molar-refractivity contribution in [2.75, 3.05) is 20.8 Å². The Morgan fingerprint density at radius 3 is 2.29 bits per heavy atom. The second kappa shape index (κ2) is 9.73. The normalized spacial score (nSPS) is 10.4. The molecule has 2 rings (SSSR count). The second-order valence-electron chi connectivity index (χ2n) is 6.37. The molecule has 1 aromatic heterocycles. The van der Waals surface area contributed by atoms with Crippen molar-refractivity contribution in [3.63, 3.8) is 0 Å². The number of aryl methyl sites for hydroxylation is 1. The first-order valence-electron chi connectivity index (χ1n) is 8.91. The number of hydrogen-bond acceptors (Lipinski definition) is 6. The largest absolute Gasteiger partial charge is 0.497 e. The molecular weight excluding hydrogens is 362 g/mol. The molecule has 2 aromatic rings. The van der Waals surface area contributed by atoms with Crippen molar-refractivity contribution in [1.29, 1.82) is 0 Å². The Kier molecular flexibility index (Phi) is 7.37. The van der Waals surface area contributed by atoms with Gasteiger partial charge in [0.1, 0.15) is 5.75 Å². The third-order valence-electron chi connectivity index (χ3n) is 4.51. The SMILES string of the molecule is COC(=O)CCn1c(C)cc(C(=O)COC(=O)Cc2ccc(OC)cc2)c1C. The van der Waals surface area contributed by atoms with Gasteiger partial charge in [-0.15, -0.1) is 0 Å². The Labute approximate surface area is 164 Å². The zero-order valence-electron chi connectivity index (χ0n) is 16.6. The van der Waals surface area contributed by atoms with Crippen LogP contribution in [0.1, 0.15) is 33.7 Å². The second-order valence-corrected chi connectivity index (χ2v) is 6.37. The first kappa shape index (κ1) is 21.2. The molecule has 0 amide bonds. The molecule has 0 aliphatic carbocycles.